The highest BCUT2D eigenvalue weighted by molar-refractivity contribution is 7.98. The fraction of sp³-hybridized carbons (Fsp3) is 0.111. The standard InChI is InChI=1S/C9H12N4OS/c1-15-8-4-2-7(3-5-8)6-11-12-9(10)13-14/h2-6,14H,1H3,(H3,10,12,13)/b11-6+. The Morgan fingerprint density at radius 1 is 1.47 bits per heavy atom. The molecule has 0 saturated carbocycles. The molecule has 5 nitrogen and oxygen atoms in total. The van der Waals surface area contributed by atoms with Crippen LogP contribution in [0.25, 0.3) is 0 Å². The van der Waals surface area contributed by atoms with Gasteiger partial charge < -0.3 is 5.73 Å². The van der Waals surface area contributed by atoms with Gasteiger partial charge in [0.15, 0.2) is 0 Å². The van der Waals surface area contributed by atoms with Crippen molar-refractivity contribution >= 4 is 23.9 Å². The molecule has 0 heterocycles. The lowest BCUT2D eigenvalue weighted by molar-refractivity contribution is 0.232. The number of rotatable bonds is 3. The average Bonchev–Trinajstić information content (AvgIpc) is 2.29. The minimum atomic E-state index is -0.146. The van der Waals surface area contributed by atoms with Crippen LogP contribution in [0, 0.1) is 0 Å². The molecule has 0 aliphatic heterocycles. The van der Waals surface area contributed by atoms with Crippen LogP contribution in [0.4, 0.5) is 0 Å². The van der Waals surface area contributed by atoms with Gasteiger partial charge in [-0.2, -0.15) is 5.10 Å². The van der Waals surface area contributed by atoms with Gasteiger partial charge in [0.1, 0.15) is 0 Å². The fourth-order valence-corrected chi connectivity index (χ4v) is 1.28. The molecule has 0 unspecified atom stereocenters. The van der Waals surface area contributed by atoms with E-state index in [9.17, 15) is 0 Å². The number of benzene rings is 1. The highest BCUT2D eigenvalue weighted by Gasteiger charge is 1.89. The molecule has 4 N–H and O–H groups in total. The Hall–Kier alpha value is -1.53. The molecule has 0 saturated heterocycles. The third-order valence-electron chi connectivity index (χ3n) is 1.60. The zero-order valence-corrected chi connectivity index (χ0v) is 9.03. The van der Waals surface area contributed by atoms with Gasteiger partial charge in [0.05, 0.1) is 6.21 Å². The second kappa shape index (κ2) is 6.05. The van der Waals surface area contributed by atoms with E-state index >= 15 is 0 Å². The highest BCUT2D eigenvalue weighted by atomic mass is 32.2. The van der Waals surface area contributed by atoms with Gasteiger partial charge in [-0.05, 0) is 24.0 Å². The zero-order chi connectivity index (χ0) is 11.1. The van der Waals surface area contributed by atoms with Gasteiger partial charge >= 0.3 is 0 Å². The van der Waals surface area contributed by atoms with E-state index in [1.165, 1.54) is 4.90 Å². The summed E-state index contributed by atoms with van der Waals surface area (Å²) < 4.78 is 0. The van der Waals surface area contributed by atoms with Crippen LogP contribution in [-0.4, -0.2) is 23.6 Å². The Kier molecular flexibility index (Phi) is 4.65. The number of guanidine groups is 1. The first kappa shape index (κ1) is 11.5. The van der Waals surface area contributed by atoms with Crippen molar-refractivity contribution in [3.05, 3.63) is 29.8 Å². The minimum absolute atomic E-state index is 0.146. The maximum atomic E-state index is 8.32. The Bertz CT molecular complexity index is 361. The second-order valence-electron chi connectivity index (χ2n) is 2.61. The lowest BCUT2D eigenvalue weighted by atomic mass is 10.2. The summed E-state index contributed by atoms with van der Waals surface area (Å²) in [5, 5.41) is 15.5. The first-order valence-electron chi connectivity index (χ1n) is 4.17. The van der Waals surface area contributed by atoms with Crippen LogP contribution in [0.3, 0.4) is 0 Å². The number of hydroxylamine groups is 1. The molecule has 15 heavy (non-hydrogen) atoms. The largest absolute Gasteiger partial charge is 0.367 e. The molecular weight excluding hydrogens is 212 g/mol. The van der Waals surface area contributed by atoms with Crippen molar-refractivity contribution in [3.8, 4) is 0 Å². The fourth-order valence-electron chi connectivity index (χ4n) is 0.870. The Morgan fingerprint density at radius 2 is 2.13 bits per heavy atom. The predicted octanol–water partition coefficient (Wildman–Crippen LogP) is 1.04. The molecule has 0 bridgehead atoms. The number of thioether (sulfide) groups is 1. The molecule has 0 radical (unpaired) electrons. The van der Waals surface area contributed by atoms with Crippen molar-refractivity contribution in [1.29, 1.82) is 0 Å². The molecule has 0 fully saturated rings. The summed E-state index contributed by atoms with van der Waals surface area (Å²) in [6.07, 6.45) is 3.56. The van der Waals surface area contributed by atoms with E-state index in [2.05, 4.69) is 10.2 Å². The molecule has 0 aliphatic carbocycles. The maximum absolute atomic E-state index is 8.32. The second-order valence-corrected chi connectivity index (χ2v) is 3.49. The van der Waals surface area contributed by atoms with Crippen LogP contribution >= 0.6 is 11.8 Å². The third kappa shape index (κ3) is 4.01. The smallest absolute Gasteiger partial charge is 0.237 e. The molecule has 1 aromatic rings. The lowest BCUT2D eigenvalue weighted by Gasteiger charge is -1.95. The SMILES string of the molecule is CSc1ccc(/C=N/N=C(\N)NO)cc1. The van der Waals surface area contributed by atoms with E-state index < -0.39 is 0 Å². The van der Waals surface area contributed by atoms with Gasteiger partial charge in [-0.1, -0.05) is 12.1 Å². The van der Waals surface area contributed by atoms with Gasteiger partial charge in [-0.3, -0.25) is 5.21 Å². The zero-order valence-electron chi connectivity index (χ0n) is 8.21. The number of hydrogen-bond donors (Lipinski definition) is 3. The van der Waals surface area contributed by atoms with Crippen molar-refractivity contribution in [2.24, 2.45) is 15.9 Å². The van der Waals surface area contributed by atoms with Crippen molar-refractivity contribution in [2.75, 3.05) is 6.26 Å². The van der Waals surface area contributed by atoms with Crippen molar-refractivity contribution in [1.82, 2.24) is 5.48 Å². The summed E-state index contributed by atoms with van der Waals surface area (Å²) in [6.45, 7) is 0. The molecule has 0 spiro atoms. The average molecular weight is 224 g/mol. The topological polar surface area (TPSA) is 83.0 Å². The number of nitrogens with two attached hydrogens (primary N) is 1. The summed E-state index contributed by atoms with van der Waals surface area (Å²) >= 11 is 1.67. The van der Waals surface area contributed by atoms with Crippen molar-refractivity contribution in [3.63, 3.8) is 0 Å². The Labute approximate surface area is 92.0 Å². The van der Waals surface area contributed by atoms with E-state index in [0.717, 1.165) is 5.56 Å². The molecular formula is C9H12N4OS. The van der Waals surface area contributed by atoms with Crippen molar-refractivity contribution in [2.45, 2.75) is 4.90 Å². The summed E-state index contributed by atoms with van der Waals surface area (Å²) in [7, 11) is 0. The van der Waals surface area contributed by atoms with E-state index in [1.54, 1.807) is 23.5 Å². The number of nitrogens with one attached hydrogen (secondary N) is 1. The molecule has 6 heteroatoms. The van der Waals surface area contributed by atoms with E-state index in [4.69, 9.17) is 10.9 Å². The minimum Gasteiger partial charge on any atom is -0.367 e. The van der Waals surface area contributed by atoms with Gasteiger partial charge in [0.25, 0.3) is 0 Å². The molecule has 0 aliphatic rings. The Morgan fingerprint density at radius 3 is 2.67 bits per heavy atom. The van der Waals surface area contributed by atoms with Crippen LogP contribution in [0.15, 0.2) is 39.4 Å². The predicted molar refractivity (Wildman–Crippen MR) is 62.4 cm³/mol. The summed E-state index contributed by atoms with van der Waals surface area (Å²) in [4.78, 5) is 1.19. The van der Waals surface area contributed by atoms with Gasteiger partial charge in [-0.25, -0.2) is 5.48 Å². The monoisotopic (exact) mass is 224 g/mol. The molecule has 80 valence electrons. The Balaban J connectivity index is 2.65. The number of hydrogen-bond acceptors (Lipinski definition) is 4. The van der Waals surface area contributed by atoms with Crippen molar-refractivity contribution < 1.29 is 5.21 Å². The van der Waals surface area contributed by atoms with Gasteiger partial charge in [-0.15, -0.1) is 16.9 Å². The van der Waals surface area contributed by atoms with Crippen LogP contribution in [0.5, 0.6) is 0 Å². The first-order chi connectivity index (χ1) is 7.26. The molecule has 0 amide bonds. The normalized spacial score (nSPS) is 12.0. The first-order valence-corrected chi connectivity index (χ1v) is 5.39. The highest BCUT2D eigenvalue weighted by Crippen LogP contribution is 2.13. The molecule has 0 atom stereocenters. The van der Waals surface area contributed by atoms with Crippen LogP contribution in [0.1, 0.15) is 5.56 Å². The summed E-state index contributed by atoms with van der Waals surface area (Å²) in [5.74, 6) is -0.146. The van der Waals surface area contributed by atoms with Gasteiger partial charge in [0.2, 0.25) is 5.96 Å². The number of nitrogens with zero attached hydrogens (tertiary/aromatic N) is 2. The van der Waals surface area contributed by atoms with Crippen LogP contribution < -0.4 is 11.2 Å². The van der Waals surface area contributed by atoms with E-state index in [0.29, 0.717) is 0 Å². The summed E-state index contributed by atoms with van der Waals surface area (Å²) in [6, 6.07) is 7.83. The molecule has 1 rings (SSSR count). The van der Waals surface area contributed by atoms with Gasteiger partial charge in [0, 0.05) is 4.90 Å². The third-order valence-corrected chi connectivity index (χ3v) is 2.35. The summed E-state index contributed by atoms with van der Waals surface area (Å²) in [5.41, 5.74) is 7.75. The van der Waals surface area contributed by atoms with Crippen LogP contribution in [0.2, 0.25) is 0 Å². The molecule has 0 aromatic heterocycles. The quantitative estimate of drug-likeness (QED) is 0.310. The van der Waals surface area contributed by atoms with Crippen LogP contribution in [-0.2, 0) is 0 Å². The maximum Gasteiger partial charge on any atom is 0.237 e. The molecule has 1 aromatic carbocycles. The van der Waals surface area contributed by atoms with E-state index in [1.807, 2.05) is 30.5 Å². The van der Waals surface area contributed by atoms with E-state index in [-0.39, 0.29) is 5.96 Å². The lowest BCUT2D eigenvalue weighted by Crippen LogP contribution is -2.27.